The number of amides is 1. The van der Waals surface area contributed by atoms with Crippen molar-refractivity contribution in [1.82, 2.24) is 9.88 Å². The summed E-state index contributed by atoms with van der Waals surface area (Å²) in [5.41, 5.74) is 11.9. The van der Waals surface area contributed by atoms with Crippen molar-refractivity contribution in [2.45, 2.75) is 25.4 Å². The summed E-state index contributed by atoms with van der Waals surface area (Å²) >= 11 is 3.29. The van der Waals surface area contributed by atoms with Gasteiger partial charge in [0.1, 0.15) is 10.7 Å². The van der Waals surface area contributed by atoms with Crippen molar-refractivity contribution in [3.63, 3.8) is 0 Å². The van der Waals surface area contributed by atoms with E-state index in [1.54, 1.807) is 0 Å². The van der Waals surface area contributed by atoms with Crippen LogP contribution in [-0.2, 0) is 0 Å². The zero-order valence-corrected chi connectivity index (χ0v) is 13.8. The molecule has 3 heterocycles. The lowest BCUT2D eigenvalue weighted by molar-refractivity contribution is 0.0722. The standard InChI is InChI=1S/C13H21N5OS2/c1-8-7-20-5-4-18(8)12(19)10-11(15)16-13(21-10)17-3-2-9(14)6-17/h8-9H,2-7,14-15H2,1H3. The summed E-state index contributed by atoms with van der Waals surface area (Å²) in [7, 11) is 0. The minimum Gasteiger partial charge on any atom is -0.382 e. The number of nitrogens with two attached hydrogens (primary N) is 2. The molecule has 4 N–H and O–H groups in total. The minimum absolute atomic E-state index is 0.0209. The van der Waals surface area contributed by atoms with E-state index in [9.17, 15) is 4.79 Å². The Balaban J connectivity index is 1.79. The van der Waals surface area contributed by atoms with Gasteiger partial charge in [-0.2, -0.15) is 11.8 Å². The third-order valence-electron chi connectivity index (χ3n) is 3.96. The minimum atomic E-state index is 0.0209. The summed E-state index contributed by atoms with van der Waals surface area (Å²) in [5, 5.41) is 0.822. The van der Waals surface area contributed by atoms with Crippen LogP contribution in [0.15, 0.2) is 0 Å². The van der Waals surface area contributed by atoms with E-state index in [0.29, 0.717) is 10.7 Å². The molecule has 8 heteroatoms. The number of nitrogens with zero attached hydrogens (tertiary/aromatic N) is 3. The van der Waals surface area contributed by atoms with Crippen LogP contribution in [0.3, 0.4) is 0 Å². The molecule has 6 nitrogen and oxygen atoms in total. The molecular formula is C13H21N5OS2. The van der Waals surface area contributed by atoms with Gasteiger partial charge >= 0.3 is 0 Å². The normalized spacial score (nSPS) is 26.4. The maximum absolute atomic E-state index is 12.7. The van der Waals surface area contributed by atoms with Crippen molar-refractivity contribution >= 4 is 40.0 Å². The van der Waals surface area contributed by atoms with Gasteiger partial charge in [-0.05, 0) is 13.3 Å². The van der Waals surface area contributed by atoms with E-state index >= 15 is 0 Å². The predicted molar refractivity (Wildman–Crippen MR) is 89.2 cm³/mol. The number of carbonyl (C=O) groups is 1. The highest BCUT2D eigenvalue weighted by Gasteiger charge is 2.30. The molecule has 2 aliphatic rings. The Morgan fingerprint density at radius 3 is 2.90 bits per heavy atom. The van der Waals surface area contributed by atoms with Crippen LogP contribution < -0.4 is 16.4 Å². The fourth-order valence-electron chi connectivity index (χ4n) is 2.73. The van der Waals surface area contributed by atoms with Crippen molar-refractivity contribution < 1.29 is 4.79 Å². The van der Waals surface area contributed by atoms with Crippen molar-refractivity contribution in [3.05, 3.63) is 4.88 Å². The lowest BCUT2D eigenvalue weighted by Crippen LogP contribution is -2.44. The molecule has 1 amide bonds. The number of nitrogen functional groups attached to an aromatic ring is 1. The molecule has 2 fully saturated rings. The molecule has 0 radical (unpaired) electrons. The Labute approximate surface area is 132 Å². The van der Waals surface area contributed by atoms with E-state index in [0.717, 1.165) is 42.7 Å². The number of aromatic nitrogens is 1. The highest BCUT2D eigenvalue weighted by Crippen LogP contribution is 2.32. The fourth-order valence-corrected chi connectivity index (χ4v) is 4.72. The topological polar surface area (TPSA) is 88.5 Å². The second-order valence-electron chi connectivity index (χ2n) is 5.63. The molecule has 0 bridgehead atoms. The molecule has 1 aromatic heterocycles. The maximum Gasteiger partial charge on any atom is 0.268 e. The molecule has 2 aliphatic heterocycles. The molecule has 21 heavy (non-hydrogen) atoms. The van der Waals surface area contributed by atoms with Crippen molar-refractivity contribution in [2.24, 2.45) is 5.73 Å². The van der Waals surface area contributed by atoms with E-state index in [4.69, 9.17) is 11.5 Å². The van der Waals surface area contributed by atoms with Gasteiger partial charge in [-0.25, -0.2) is 4.98 Å². The van der Waals surface area contributed by atoms with Gasteiger partial charge in [0, 0.05) is 43.2 Å². The zero-order valence-electron chi connectivity index (χ0n) is 12.1. The first-order valence-corrected chi connectivity index (χ1v) is 9.19. The average Bonchev–Trinajstić information content (AvgIpc) is 3.05. The number of thioether (sulfide) groups is 1. The van der Waals surface area contributed by atoms with Gasteiger partial charge in [0.2, 0.25) is 0 Å². The molecule has 0 spiro atoms. The highest BCUT2D eigenvalue weighted by molar-refractivity contribution is 7.99. The van der Waals surface area contributed by atoms with Gasteiger partial charge in [0.05, 0.1) is 0 Å². The van der Waals surface area contributed by atoms with Gasteiger partial charge in [-0.3, -0.25) is 4.79 Å². The highest BCUT2D eigenvalue weighted by atomic mass is 32.2. The van der Waals surface area contributed by atoms with E-state index in [1.807, 2.05) is 16.7 Å². The zero-order chi connectivity index (χ0) is 15.0. The summed E-state index contributed by atoms with van der Waals surface area (Å²) in [5.74, 6) is 2.35. The Morgan fingerprint density at radius 2 is 2.24 bits per heavy atom. The van der Waals surface area contributed by atoms with Crippen molar-refractivity contribution in [2.75, 3.05) is 41.8 Å². The third kappa shape index (κ3) is 2.97. The largest absolute Gasteiger partial charge is 0.382 e. The van der Waals surface area contributed by atoms with Gasteiger partial charge < -0.3 is 21.3 Å². The van der Waals surface area contributed by atoms with Crippen molar-refractivity contribution in [1.29, 1.82) is 0 Å². The van der Waals surface area contributed by atoms with Crippen LogP contribution in [0.1, 0.15) is 23.0 Å². The molecule has 0 saturated carbocycles. The fraction of sp³-hybridized carbons (Fsp3) is 0.692. The molecule has 116 valence electrons. The lowest BCUT2D eigenvalue weighted by Gasteiger charge is -2.32. The van der Waals surface area contributed by atoms with Crippen LogP contribution in [0.2, 0.25) is 0 Å². The molecule has 0 aliphatic carbocycles. The second kappa shape index (κ2) is 6.02. The Hall–Kier alpha value is -0.990. The number of hydrogen-bond acceptors (Lipinski definition) is 7. The van der Waals surface area contributed by atoms with E-state index < -0.39 is 0 Å². The summed E-state index contributed by atoms with van der Waals surface area (Å²) in [6.07, 6.45) is 0.961. The molecule has 2 saturated heterocycles. The van der Waals surface area contributed by atoms with Crippen LogP contribution in [0.25, 0.3) is 0 Å². The molecule has 2 atom stereocenters. The van der Waals surface area contributed by atoms with E-state index in [-0.39, 0.29) is 18.0 Å². The quantitative estimate of drug-likeness (QED) is 0.837. The third-order valence-corrected chi connectivity index (χ3v) is 6.27. The van der Waals surface area contributed by atoms with Gasteiger partial charge in [0.25, 0.3) is 5.91 Å². The summed E-state index contributed by atoms with van der Waals surface area (Å²) in [4.78, 5) is 21.7. The Morgan fingerprint density at radius 1 is 1.43 bits per heavy atom. The monoisotopic (exact) mass is 327 g/mol. The second-order valence-corrected chi connectivity index (χ2v) is 7.76. The van der Waals surface area contributed by atoms with Crippen LogP contribution >= 0.6 is 23.1 Å². The van der Waals surface area contributed by atoms with Gasteiger partial charge in [-0.1, -0.05) is 11.3 Å². The van der Waals surface area contributed by atoms with E-state index in [2.05, 4.69) is 16.8 Å². The Kier molecular flexibility index (Phi) is 4.28. The molecule has 3 rings (SSSR count). The SMILES string of the molecule is CC1CSCCN1C(=O)c1sc(N2CCC(N)C2)nc1N. The van der Waals surface area contributed by atoms with E-state index in [1.165, 1.54) is 11.3 Å². The summed E-state index contributed by atoms with van der Waals surface area (Å²) in [6.45, 7) is 4.55. The first-order chi connectivity index (χ1) is 10.1. The van der Waals surface area contributed by atoms with Crippen LogP contribution in [0.4, 0.5) is 10.9 Å². The lowest BCUT2D eigenvalue weighted by atomic mass is 10.3. The number of anilines is 2. The maximum atomic E-state index is 12.7. The average molecular weight is 327 g/mol. The number of hydrogen-bond donors (Lipinski definition) is 2. The van der Waals surface area contributed by atoms with Crippen LogP contribution in [0.5, 0.6) is 0 Å². The van der Waals surface area contributed by atoms with Crippen LogP contribution in [-0.4, -0.2) is 59.0 Å². The Bertz CT molecular complexity index is 535. The van der Waals surface area contributed by atoms with Gasteiger partial charge in [-0.15, -0.1) is 0 Å². The summed E-state index contributed by atoms with van der Waals surface area (Å²) in [6, 6.07) is 0.440. The molecule has 0 aromatic carbocycles. The molecule has 1 aromatic rings. The van der Waals surface area contributed by atoms with Crippen LogP contribution in [0, 0.1) is 0 Å². The predicted octanol–water partition coefficient (Wildman–Crippen LogP) is 0.840. The first kappa shape index (κ1) is 14.9. The molecule has 2 unspecified atom stereocenters. The number of thiazole rings is 1. The smallest absolute Gasteiger partial charge is 0.268 e. The summed E-state index contributed by atoms with van der Waals surface area (Å²) < 4.78 is 0. The molecular weight excluding hydrogens is 306 g/mol. The number of rotatable bonds is 2. The van der Waals surface area contributed by atoms with Gasteiger partial charge in [0.15, 0.2) is 5.13 Å². The number of carbonyl (C=O) groups excluding carboxylic acids is 1. The first-order valence-electron chi connectivity index (χ1n) is 7.22. The van der Waals surface area contributed by atoms with Crippen molar-refractivity contribution in [3.8, 4) is 0 Å².